The van der Waals surface area contributed by atoms with Crippen LogP contribution in [0.5, 0.6) is 0 Å². The van der Waals surface area contributed by atoms with Gasteiger partial charge in [-0.25, -0.2) is 9.18 Å². The molecule has 1 heterocycles. The first-order chi connectivity index (χ1) is 12.9. The topological polar surface area (TPSA) is 76.4 Å². The highest BCUT2D eigenvalue weighted by molar-refractivity contribution is 5.67. The fourth-order valence-electron chi connectivity index (χ4n) is 4.00. The summed E-state index contributed by atoms with van der Waals surface area (Å²) in [6.45, 7) is 2.10. The number of rotatable bonds is 4. The van der Waals surface area contributed by atoms with Crippen LogP contribution in [0.15, 0.2) is 54.6 Å². The summed E-state index contributed by atoms with van der Waals surface area (Å²) in [5, 5.41) is 22.8. The summed E-state index contributed by atoms with van der Waals surface area (Å²) < 4.78 is 13.5. The van der Waals surface area contributed by atoms with Crippen LogP contribution in [0, 0.1) is 17.1 Å². The van der Waals surface area contributed by atoms with E-state index in [1.165, 1.54) is 17.0 Å². The van der Waals surface area contributed by atoms with Gasteiger partial charge in [-0.2, -0.15) is 5.26 Å². The molecule has 1 aliphatic heterocycles. The number of nitrogens with zero attached hydrogens (tertiary/aromatic N) is 2. The van der Waals surface area contributed by atoms with Crippen LogP contribution in [0.4, 0.5) is 14.9 Å². The van der Waals surface area contributed by atoms with Crippen LogP contribution in [0.1, 0.15) is 25.3 Å². The number of hydrogen-bond acceptors (Lipinski definition) is 3. The molecule has 6 heteroatoms. The van der Waals surface area contributed by atoms with Gasteiger partial charge < -0.3 is 15.3 Å². The van der Waals surface area contributed by atoms with Gasteiger partial charge in [0, 0.05) is 25.1 Å². The van der Waals surface area contributed by atoms with E-state index in [1.54, 1.807) is 12.1 Å². The van der Waals surface area contributed by atoms with E-state index in [0.717, 1.165) is 5.56 Å². The molecule has 1 fully saturated rings. The van der Waals surface area contributed by atoms with Gasteiger partial charge in [0.25, 0.3) is 0 Å². The Kier molecular flexibility index (Phi) is 5.04. The molecule has 27 heavy (non-hydrogen) atoms. The maximum atomic E-state index is 13.5. The number of amides is 1. The lowest BCUT2D eigenvalue weighted by molar-refractivity contribution is 0.0432. The average molecular weight is 367 g/mol. The molecule has 1 aliphatic rings. The molecule has 2 aromatic carbocycles. The lowest BCUT2D eigenvalue weighted by Gasteiger charge is -2.49. The molecule has 0 spiro atoms. The zero-order valence-corrected chi connectivity index (χ0v) is 15.2. The highest BCUT2D eigenvalue weighted by atomic mass is 19.1. The molecule has 2 atom stereocenters. The Hall–Kier alpha value is -3.07. The van der Waals surface area contributed by atoms with Gasteiger partial charge in [-0.3, -0.25) is 0 Å². The lowest BCUT2D eigenvalue weighted by atomic mass is 9.74. The average Bonchev–Trinajstić information content (AvgIpc) is 2.62. The van der Waals surface area contributed by atoms with Crippen molar-refractivity contribution in [3.8, 4) is 6.07 Å². The maximum absolute atomic E-state index is 13.5. The van der Waals surface area contributed by atoms with Gasteiger partial charge >= 0.3 is 6.09 Å². The standard InChI is InChI=1S/C21H22FN3O2/c1-20(13-16-6-3-2-4-7-16)14-21(15-23,10-11-25(20)19(26)27)24-18-9-5-8-17(22)12-18/h2-9,12,24H,10-11,13-14H2,1H3,(H,26,27)/t20-,21?/m0/s1. The highest BCUT2D eigenvalue weighted by Gasteiger charge is 2.49. The van der Waals surface area contributed by atoms with Crippen LogP contribution in [-0.2, 0) is 6.42 Å². The van der Waals surface area contributed by atoms with E-state index in [1.807, 2.05) is 37.3 Å². The quantitative estimate of drug-likeness (QED) is 0.846. The van der Waals surface area contributed by atoms with Gasteiger partial charge in [0.05, 0.1) is 11.6 Å². The van der Waals surface area contributed by atoms with E-state index in [4.69, 9.17) is 0 Å². The molecule has 2 N–H and O–H groups in total. The number of halogens is 1. The molecular weight excluding hydrogens is 345 g/mol. The zero-order valence-electron chi connectivity index (χ0n) is 15.2. The Morgan fingerprint density at radius 3 is 2.67 bits per heavy atom. The second kappa shape index (κ2) is 7.28. The molecule has 1 unspecified atom stereocenters. The highest BCUT2D eigenvalue weighted by Crippen LogP contribution is 2.39. The van der Waals surface area contributed by atoms with E-state index < -0.39 is 17.2 Å². The zero-order chi connectivity index (χ0) is 19.5. The molecule has 1 saturated heterocycles. The second-order valence-electron chi connectivity index (χ2n) is 7.35. The van der Waals surface area contributed by atoms with Crippen molar-refractivity contribution in [1.82, 2.24) is 4.90 Å². The van der Waals surface area contributed by atoms with E-state index in [0.29, 0.717) is 24.9 Å². The summed E-state index contributed by atoms with van der Waals surface area (Å²) in [5.74, 6) is -0.386. The largest absolute Gasteiger partial charge is 0.465 e. The Bertz CT molecular complexity index is 867. The summed E-state index contributed by atoms with van der Waals surface area (Å²) in [6, 6.07) is 17.9. The number of hydrogen-bond donors (Lipinski definition) is 2. The lowest BCUT2D eigenvalue weighted by Crippen LogP contribution is -2.62. The van der Waals surface area contributed by atoms with Crippen molar-refractivity contribution in [3.05, 3.63) is 66.0 Å². The second-order valence-corrected chi connectivity index (χ2v) is 7.35. The maximum Gasteiger partial charge on any atom is 0.407 e. The first kappa shape index (κ1) is 18.7. The number of nitriles is 1. The summed E-state index contributed by atoms with van der Waals surface area (Å²) >= 11 is 0. The Morgan fingerprint density at radius 2 is 2.04 bits per heavy atom. The van der Waals surface area contributed by atoms with Crippen LogP contribution in [0.2, 0.25) is 0 Å². The first-order valence-electron chi connectivity index (χ1n) is 8.85. The third-order valence-electron chi connectivity index (χ3n) is 5.18. The van der Waals surface area contributed by atoms with Crippen molar-refractivity contribution in [2.24, 2.45) is 0 Å². The minimum absolute atomic E-state index is 0.231. The van der Waals surface area contributed by atoms with Crippen molar-refractivity contribution < 1.29 is 14.3 Å². The molecule has 140 valence electrons. The number of benzene rings is 2. The molecule has 0 saturated carbocycles. The molecular formula is C21H22FN3O2. The fraction of sp³-hybridized carbons (Fsp3) is 0.333. The Labute approximate surface area is 158 Å². The number of carboxylic acid groups (broad SMARTS) is 1. The van der Waals surface area contributed by atoms with Gasteiger partial charge in [0.1, 0.15) is 11.4 Å². The molecule has 3 rings (SSSR count). The van der Waals surface area contributed by atoms with Gasteiger partial charge in [-0.1, -0.05) is 36.4 Å². The van der Waals surface area contributed by atoms with E-state index in [9.17, 15) is 19.6 Å². The van der Waals surface area contributed by atoms with Crippen molar-refractivity contribution in [2.75, 3.05) is 11.9 Å². The molecule has 0 aromatic heterocycles. The van der Waals surface area contributed by atoms with Crippen molar-refractivity contribution in [2.45, 2.75) is 37.3 Å². The number of likely N-dealkylation sites (tertiary alicyclic amines) is 1. The number of nitrogens with one attached hydrogen (secondary N) is 1. The fourth-order valence-corrected chi connectivity index (χ4v) is 4.00. The van der Waals surface area contributed by atoms with E-state index in [-0.39, 0.29) is 12.4 Å². The number of carbonyl (C=O) groups is 1. The molecule has 0 radical (unpaired) electrons. The van der Waals surface area contributed by atoms with Crippen LogP contribution in [0.3, 0.4) is 0 Å². The smallest absolute Gasteiger partial charge is 0.407 e. The summed E-state index contributed by atoms with van der Waals surface area (Å²) in [7, 11) is 0. The first-order valence-corrected chi connectivity index (χ1v) is 8.85. The number of piperidine rings is 1. The van der Waals surface area contributed by atoms with Gasteiger partial charge in [0.2, 0.25) is 0 Å². The molecule has 0 bridgehead atoms. The van der Waals surface area contributed by atoms with Crippen molar-refractivity contribution in [3.63, 3.8) is 0 Å². The summed E-state index contributed by atoms with van der Waals surface area (Å²) in [6.07, 6.45) is 0.130. The minimum atomic E-state index is -0.995. The van der Waals surface area contributed by atoms with E-state index in [2.05, 4.69) is 11.4 Å². The van der Waals surface area contributed by atoms with Crippen LogP contribution < -0.4 is 5.32 Å². The van der Waals surface area contributed by atoms with Gasteiger partial charge in [-0.05, 0) is 37.1 Å². The Balaban J connectivity index is 1.92. The van der Waals surface area contributed by atoms with Crippen LogP contribution >= 0.6 is 0 Å². The summed E-state index contributed by atoms with van der Waals surface area (Å²) in [4.78, 5) is 13.3. The third kappa shape index (κ3) is 4.03. The predicted molar refractivity (Wildman–Crippen MR) is 101 cm³/mol. The van der Waals surface area contributed by atoms with Crippen LogP contribution in [-0.4, -0.2) is 33.7 Å². The van der Waals surface area contributed by atoms with Crippen molar-refractivity contribution >= 4 is 11.8 Å². The summed E-state index contributed by atoms with van der Waals surface area (Å²) in [5.41, 5.74) is -0.210. The molecule has 5 nitrogen and oxygen atoms in total. The predicted octanol–water partition coefficient (Wildman–Crippen LogP) is 4.28. The Morgan fingerprint density at radius 1 is 1.30 bits per heavy atom. The van der Waals surface area contributed by atoms with E-state index >= 15 is 0 Å². The monoisotopic (exact) mass is 367 g/mol. The molecule has 1 amide bonds. The minimum Gasteiger partial charge on any atom is -0.465 e. The normalized spacial score (nSPS) is 24.9. The van der Waals surface area contributed by atoms with Gasteiger partial charge in [0.15, 0.2) is 0 Å². The molecule has 2 aromatic rings. The third-order valence-corrected chi connectivity index (χ3v) is 5.18. The number of anilines is 1. The molecule has 0 aliphatic carbocycles. The van der Waals surface area contributed by atoms with Gasteiger partial charge in [-0.15, -0.1) is 0 Å². The van der Waals surface area contributed by atoms with Crippen LogP contribution in [0.25, 0.3) is 0 Å². The van der Waals surface area contributed by atoms with Crippen molar-refractivity contribution in [1.29, 1.82) is 5.26 Å². The SMILES string of the molecule is C[C@]1(Cc2ccccc2)CC(C#N)(Nc2cccc(F)c2)CCN1C(=O)O.